The van der Waals surface area contributed by atoms with Crippen molar-refractivity contribution >= 4 is 11.6 Å². The third kappa shape index (κ3) is 14.6. The first-order valence-electron chi connectivity index (χ1n) is 18.7. The second-order valence-corrected chi connectivity index (χ2v) is 15.5. The van der Waals surface area contributed by atoms with Crippen molar-refractivity contribution in [1.29, 1.82) is 0 Å². The van der Waals surface area contributed by atoms with Gasteiger partial charge in [-0.15, -0.1) is 0 Å². The van der Waals surface area contributed by atoms with Gasteiger partial charge in [0.15, 0.2) is 17.3 Å². The Bertz CT molecular complexity index is 1170. The number of hydrogen-bond donors (Lipinski definition) is 0. The van der Waals surface area contributed by atoms with Crippen LogP contribution in [0.4, 0.5) is 0 Å². The van der Waals surface area contributed by atoms with Crippen molar-refractivity contribution in [3.05, 3.63) is 58.2 Å². The minimum atomic E-state index is -0.265. The van der Waals surface area contributed by atoms with Gasteiger partial charge in [-0.05, 0) is 93.1 Å². The zero-order chi connectivity index (χ0) is 34.0. The van der Waals surface area contributed by atoms with Gasteiger partial charge in [0.1, 0.15) is 13.2 Å². The number of allylic oxidation sites excluding steroid dienone is 7. The molecule has 258 valence electrons. The zero-order valence-corrected chi connectivity index (χ0v) is 31.1. The van der Waals surface area contributed by atoms with E-state index in [0.29, 0.717) is 24.4 Å². The third-order valence-electron chi connectivity index (χ3n) is 10.2. The number of carbonyl (C=O) groups excluding carboxylic acids is 2. The lowest BCUT2D eigenvalue weighted by Gasteiger charge is -2.34. The summed E-state index contributed by atoms with van der Waals surface area (Å²) in [6.07, 6.45) is 27.8. The molecule has 2 aliphatic rings. The van der Waals surface area contributed by atoms with E-state index < -0.39 is 0 Å². The van der Waals surface area contributed by atoms with Crippen molar-refractivity contribution in [2.45, 2.75) is 144 Å². The van der Waals surface area contributed by atoms with Gasteiger partial charge in [-0.25, -0.2) is 0 Å². The van der Waals surface area contributed by atoms with E-state index in [-0.39, 0.29) is 28.8 Å². The van der Waals surface area contributed by atoms with Crippen molar-refractivity contribution in [2.24, 2.45) is 17.3 Å². The van der Waals surface area contributed by atoms with Gasteiger partial charge < -0.3 is 9.22 Å². The van der Waals surface area contributed by atoms with Crippen LogP contribution in [0.3, 0.4) is 0 Å². The number of ether oxygens (including phenoxy) is 1. The molecule has 2 aliphatic carbocycles. The number of rotatable bonds is 24. The monoisotopic (exact) mass is 635 g/mol. The molecular weight excluding hydrogens is 566 g/mol. The van der Waals surface area contributed by atoms with Crippen LogP contribution in [0.5, 0.6) is 0 Å². The molecule has 46 heavy (non-hydrogen) atoms. The zero-order valence-electron chi connectivity index (χ0n) is 31.1. The number of ketones is 2. The van der Waals surface area contributed by atoms with Crippen LogP contribution in [0, 0.1) is 17.3 Å². The second-order valence-electron chi connectivity index (χ2n) is 15.5. The number of hydrogen-bond acceptors (Lipinski definition) is 3. The van der Waals surface area contributed by atoms with Gasteiger partial charge in [-0.2, -0.15) is 0 Å². The molecular formula is C42H68NO3+. The summed E-state index contributed by atoms with van der Waals surface area (Å²) in [6, 6.07) is 0. The van der Waals surface area contributed by atoms with Crippen molar-refractivity contribution in [3.8, 4) is 0 Å². The fraction of sp³-hybridized carbons (Fsp3) is 0.714. The third-order valence-corrected chi connectivity index (χ3v) is 10.2. The molecule has 0 saturated heterocycles. The summed E-state index contributed by atoms with van der Waals surface area (Å²) in [7, 11) is 4.55. The number of Topliss-reactive ketones (excluding diaryl/α,β-unsaturated/α-hetero) is 2. The maximum Gasteiger partial charge on any atom is 0.174 e. The molecule has 0 fully saturated rings. The highest BCUT2D eigenvalue weighted by Gasteiger charge is 2.34. The van der Waals surface area contributed by atoms with Gasteiger partial charge in [0.25, 0.3) is 0 Å². The molecule has 0 aromatic heterocycles. The van der Waals surface area contributed by atoms with Gasteiger partial charge in [0.2, 0.25) is 0 Å². The van der Waals surface area contributed by atoms with E-state index in [4.69, 9.17) is 4.74 Å². The molecule has 0 aromatic rings. The molecule has 0 amide bonds. The van der Waals surface area contributed by atoms with E-state index in [2.05, 4.69) is 65.4 Å². The predicted octanol–water partition coefficient (Wildman–Crippen LogP) is 10.8. The fourth-order valence-electron chi connectivity index (χ4n) is 6.87. The maximum atomic E-state index is 13.3. The van der Waals surface area contributed by atoms with Gasteiger partial charge in [-0.3, -0.25) is 9.59 Å². The molecule has 2 atom stereocenters. The van der Waals surface area contributed by atoms with E-state index in [1.54, 1.807) is 6.08 Å². The molecule has 0 radical (unpaired) electrons. The highest BCUT2D eigenvalue weighted by atomic mass is 16.5. The molecule has 0 aliphatic heterocycles. The Morgan fingerprint density at radius 3 is 2.15 bits per heavy atom. The smallest absolute Gasteiger partial charge is 0.174 e. The topological polar surface area (TPSA) is 43.4 Å². The van der Waals surface area contributed by atoms with E-state index >= 15 is 0 Å². The van der Waals surface area contributed by atoms with Crippen LogP contribution in [0.1, 0.15) is 144 Å². The predicted molar refractivity (Wildman–Crippen MR) is 194 cm³/mol. The van der Waals surface area contributed by atoms with E-state index in [1.807, 2.05) is 19.9 Å². The molecule has 0 heterocycles. The Morgan fingerprint density at radius 1 is 0.913 bits per heavy atom. The molecule has 4 nitrogen and oxygen atoms in total. The molecule has 0 bridgehead atoms. The van der Waals surface area contributed by atoms with Crippen molar-refractivity contribution in [3.63, 3.8) is 0 Å². The first-order chi connectivity index (χ1) is 21.9. The number of nitrogens with zero attached hydrogens (tertiary/aromatic N) is 1. The van der Waals surface area contributed by atoms with Crippen molar-refractivity contribution < 1.29 is 18.8 Å². The van der Waals surface area contributed by atoms with Crippen LogP contribution in [-0.2, 0) is 14.3 Å². The van der Waals surface area contributed by atoms with E-state index in [1.165, 1.54) is 82.6 Å². The molecule has 2 rings (SSSR count). The first kappa shape index (κ1) is 39.8. The molecule has 0 aromatic carbocycles. The second kappa shape index (κ2) is 20.8. The molecule has 0 spiro atoms. The van der Waals surface area contributed by atoms with Gasteiger partial charge in [0, 0.05) is 12.3 Å². The Labute approximate surface area is 283 Å². The first-order valence-corrected chi connectivity index (χ1v) is 18.7. The minimum absolute atomic E-state index is 0.0142. The number of likely N-dealkylation sites (N-methyl/N-ethyl adjacent to an activating group) is 1. The highest BCUT2D eigenvalue weighted by Crippen LogP contribution is 2.41. The van der Waals surface area contributed by atoms with E-state index in [9.17, 15) is 9.59 Å². The Balaban J connectivity index is 1.66. The molecule has 0 N–H and O–H groups in total. The number of carbonyl (C=O) groups is 2. The summed E-state index contributed by atoms with van der Waals surface area (Å²) in [4.78, 5) is 26.5. The van der Waals surface area contributed by atoms with Gasteiger partial charge >= 0.3 is 0 Å². The number of quaternary nitrogens is 1. The van der Waals surface area contributed by atoms with Crippen molar-refractivity contribution in [2.75, 3.05) is 33.8 Å². The summed E-state index contributed by atoms with van der Waals surface area (Å²) in [5.41, 5.74) is 8.74. The van der Waals surface area contributed by atoms with Crippen LogP contribution in [0.15, 0.2) is 58.2 Å². The SMILES string of the molecule is CCC/C=C/CCCCCCCCCCC[N+](C)(C)CCOC1=C=C=C(C(=O)C(C)C(C)CC(=O)C2=C(C)CCCC2(C)C)C=C1. The lowest BCUT2D eigenvalue weighted by molar-refractivity contribution is -0.890. The summed E-state index contributed by atoms with van der Waals surface area (Å²) in [5.74, 6) is 0.541. The highest BCUT2D eigenvalue weighted by molar-refractivity contribution is 6.01. The van der Waals surface area contributed by atoms with Gasteiger partial charge in [-0.1, -0.05) is 103 Å². The van der Waals surface area contributed by atoms with Crippen LogP contribution >= 0.6 is 0 Å². The van der Waals surface area contributed by atoms with Gasteiger partial charge in [0.05, 0.1) is 26.2 Å². The standard InChI is InChI=1S/C42H68NO3/c1-9-10-11-12-13-14-15-16-17-18-19-20-21-22-30-43(7,8)31-32-46-38-27-25-37(26-28-38)41(45)36(4)35(3)33-39(44)40-34(2)24-23-29-42(40,5)6/h11-12,25,27,35-36H,9-10,13-24,29-33H2,1-8H3/q+1/b12-11+. The maximum absolute atomic E-state index is 13.3. The Morgan fingerprint density at radius 2 is 1.54 bits per heavy atom. The Hall–Kier alpha value is -2.38. The van der Waals surface area contributed by atoms with Crippen LogP contribution in [0.25, 0.3) is 0 Å². The molecule has 4 heteroatoms. The van der Waals surface area contributed by atoms with Crippen molar-refractivity contribution in [1.82, 2.24) is 0 Å². The summed E-state index contributed by atoms with van der Waals surface area (Å²) >= 11 is 0. The van der Waals surface area contributed by atoms with Crippen LogP contribution in [0.2, 0.25) is 0 Å². The molecule has 2 unspecified atom stereocenters. The fourth-order valence-corrected chi connectivity index (χ4v) is 6.87. The normalized spacial score (nSPS) is 17.7. The quantitative estimate of drug-likeness (QED) is 0.0459. The lowest BCUT2D eigenvalue weighted by atomic mass is 9.69. The largest absolute Gasteiger partial charge is 0.480 e. The average molecular weight is 635 g/mol. The lowest BCUT2D eigenvalue weighted by Crippen LogP contribution is -2.43. The summed E-state index contributed by atoms with van der Waals surface area (Å²) < 4.78 is 6.93. The van der Waals surface area contributed by atoms with Crippen LogP contribution < -0.4 is 0 Å². The minimum Gasteiger partial charge on any atom is -0.480 e. The summed E-state index contributed by atoms with van der Waals surface area (Å²) in [5, 5.41) is 0. The summed E-state index contributed by atoms with van der Waals surface area (Å²) in [6.45, 7) is 15.3. The Kier molecular flexibility index (Phi) is 18.0. The molecule has 0 saturated carbocycles. The number of unbranched alkanes of at least 4 members (excludes halogenated alkanes) is 10. The van der Waals surface area contributed by atoms with Crippen LogP contribution in [-0.4, -0.2) is 49.8 Å². The average Bonchev–Trinajstić information content (AvgIpc) is 3.00. The van der Waals surface area contributed by atoms with E-state index in [0.717, 1.165) is 42.4 Å².